The lowest BCUT2D eigenvalue weighted by molar-refractivity contribution is -0.351. The Balaban J connectivity index is 1.89. The fourth-order valence-corrected chi connectivity index (χ4v) is 5.28. The van der Waals surface area contributed by atoms with Crippen molar-refractivity contribution in [3.8, 4) is 0 Å². The molecule has 0 saturated carbocycles. The summed E-state index contributed by atoms with van der Waals surface area (Å²) in [4.78, 5) is 35.5. The minimum atomic E-state index is -1.77. The summed E-state index contributed by atoms with van der Waals surface area (Å²) in [5, 5.41) is 90.0. The zero-order chi connectivity index (χ0) is 32.2. The molecule has 3 fully saturated rings. The predicted molar refractivity (Wildman–Crippen MR) is 136 cm³/mol. The Morgan fingerprint density at radius 2 is 0.930 bits per heavy atom. The molecule has 43 heavy (non-hydrogen) atoms. The van der Waals surface area contributed by atoms with E-state index in [9.17, 15) is 55.2 Å². The van der Waals surface area contributed by atoms with Gasteiger partial charge in [-0.25, -0.2) is 0 Å². The summed E-state index contributed by atoms with van der Waals surface area (Å²) in [6.45, 7) is 0.995. The van der Waals surface area contributed by atoms with Crippen molar-refractivity contribution in [3.05, 3.63) is 0 Å². The fourth-order valence-electron chi connectivity index (χ4n) is 5.28. The molecule has 3 heterocycles. The van der Waals surface area contributed by atoms with Crippen LogP contribution in [0.2, 0.25) is 0 Å². The number of nitrogens with one attached hydrogen (secondary N) is 3. The van der Waals surface area contributed by atoms with Gasteiger partial charge < -0.3 is 80.5 Å². The molecular weight excluding hydrogens is 586 g/mol. The van der Waals surface area contributed by atoms with E-state index in [1.807, 2.05) is 0 Å². The average Bonchev–Trinajstić information content (AvgIpc) is 2.94. The number of rotatable bonds is 10. The van der Waals surface area contributed by atoms with Gasteiger partial charge in [0, 0.05) is 20.8 Å². The molecular formula is C24H41N3O16. The number of aliphatic hydroxyl groups excluding tert-OH is 8. The summed E-state index contributed by atoms with van der Waals surface area (Å²) < 4.78 is 28.3. The van der Waals surface area contributed by atoms with Crippen molar-refractivity contribution in [1.29, 1.82) is 0 Å². The van der Waals surface area contributed by atoms with Gasteiger partial charge in [0.1, 0.15) is 73.1 Å². The molecule has 3 aliphatic heterocycles. The van der Waals surface area contributed by atoms with Crippen LogP contribution in [0.3, 0.4) is 0 Å². The van der Waals surface area contributed by atoms with Gasteiger partial charge in [-0.2, -0.15) is 0 Å². The van der Waals surface area contributed by atoms with E-state index < -0.39 is 129 Å². The first kappa shape index (κ1) is 35.4. The Morgan fingerprint density at radius 1 is 0.558 bits per heavy atom. The molecule has 0 radical (unpaired) electrons. The van der Waals surface area contributed by atoms with Crippen molar-refractivity contribution in [2.75, 3.05) is 19.8 Å². The summed E-state index contributed by atoms with van der Waals surface area (Å²) in [7, 11) is 0. The van der Waals surface area contributed by atoms with Gasteiger partial charge >= 0.3 is 0 Å². The fraction of sp³-hybridized carbons (Fsp3) is 0.875. The summed E-state index contributed by atoms with van der Waals surface area (Å²) >= 11 is 0. The van der Waals surface area contributed by atoms with E-state index in [4.69, 9.17) is 23.7 Å². The predicted octanol–water partition coefficient (Wildman–Crippen LogP) is -7.14. The molecule has 19 heteroatoms. The third-order valence-corrected chi connectivity index (χ3v) is 7.30. The van der Waals surface area contributed by atoms with Crippen molar-refractivity contribution in [2.24, 2.45) is 0 Å². The molecule has 15 atom stereocenters. The van der Waals surface area contributed by atoms with Gasteiger partial charge in [-0.05, 0) is 0 Å². The van der Waals surface area contributed by atoms with Gasteiger partial charge in [0.15, 0.2) is 18.9 Å². The Bertz CT molecular complexity index is 962. The molecule has 0 spiro atoms. The van der Waals surface area contributed by atoms with E-state index in [0.29, 0.717) is 0 Å². The van der Waals surface area contributed by atoms with Crippen LogP contribution in [0.1, 0.15) is 20.8 Å². The highest BCUT2D eigenvalue weighted by atomic mass is 16.7. The van der Waals surface area contributed by atoms with E-state index >= 15 is 0 Å². The summed E-state index contributed by atoms with van der Waals surface area (Å²) in [5.41, 5.74) is 0. The minimum Gasteiger partial charge on any atom is -0.394 e. The van der Waals surface area contributed by atoms with E-state index in [1.54, 1.807) is 0 Å². The second-order valence-electron chi connectivity index (χ2n) is 10.5. The van der Waals surface area contributed by atoms with Crippen molar-refractivity contribution >= 4 is 17.7 Å². The largest absolute Gasteiger partial charge is 0.394 e. The zero-order valence-electron chi connectivity index (χ0n) is 23.6. The van der Waals surface area contributed by atoms with Crippen LogP contribution in [0.25, 0.3) is 0 Å². The molecule has 3 saturated heterocycles. The highest BCUT2D eigenvalue weighted by molar-refractivity contribution is 5.74. The normalized spacial score (nSPS) is 43.5. The number of hydrogen-bond donors (Lipinski definition) is 11. The van der Waals surface area contributed by atoms with Gasteiger partial charge in [0.05, 0.1) is 19.8 Å². The Morgan fingerprint density at radius 3 is 1.37 bits per heavy atom. The van der Waals surface area contributed by atoms with Gasteiger partial charge in [-0.3, -0.25) is 14.4 Å². The van der Waals surface area contributed by atoms with Crippen LogP contribution >= 0.6 is 0 Å². The Kier molecular flexibility index (Phi) is 12.5. The van der Waals surface area contributed by atoms with E-state index in [0.717, 1.165) is 20.8 Å². The van der Waals surface area contributed by atoms with E-state index in [2.05, 4.69) is 16.0 Å². The maximum absolute atomic E-state index is 12.1. The highest BCUT2D eigenvalue weighted by Gasteiger charge is 2.54. The number of aliphatic hydroxyl groups is 8. The van der Waals surface area contributed by atoms with Gasteiger partial charge in [0.25, 0.3) is 0 Å². The van der Waals surface area contributed by atoms with Crippen LogP contribution < -0.4 is 16.0 Å². The molecule has 0 aromatic rings. The van der Waals surface area contributed by atoms with Gasteiger partial charge in [0.2, 0.25) is 17.7 Å². The second-order valence-corrected chi connectivity index (χ2v) is 10.5. The quantitative estimate of drug-likeness (QED) is 0.107. The molecule has 0 bridgehead atoms. The van der Waals surface area contributed by atoms with Crippen LogP contribution in [0.5, 0.6) is 0 Å². The maximum Gasteiger partial charge on any atom is 0.217 e. The molecule has 19 nitrogen and oxygen atoms in total. The third-order valence-electron chi connectivity index (χ3n) is 7.30. The summed E-state index contributed by atoms with van der Waals surface area (Å²) in [6, 6.07) is -4.31. The van der Waals surface area contributed by atoms with E-state index in [-0.39, 0.29) is 0 Å². The molecule has 11 N–H and O–H groups in total. The van der Waals surface area contributed by atoms with Crippen molar-refractivity contribution in [1.82, 2.24) is 16.0 Å². The maximum atomic E-state index is 12.1. The molecule has 0 aliphatic carbocycles. The lowest BCUT2D eigenvalue weighted by Gasteiger charge is -2.49. The number of carbonyl (C=O) groups is 3. The topological polar surface area (TPSA) is 295 Å². The molecule has 3 amide bonds. The summed E-state index contributed by atoms with van der Waals surface area (Å²) in [6.07, 6.45) is -19.0. The number of amides is 3. The lowest BCUT2D eigenvalue weighted by atomic mass is 9.93. The van der Waals surface area contributed by atoms with E-state index in [1.165, 1.54) is 0 Å². The van der Waals surface area contributed by atoms with Gasteiger partial charge in [-0.15, -0.1) is 0 Å². The average molecular weight is 628 g/mol. The van der Waals surface area contributed by atoms with Crippen molar-refractivity contribution in [2.45, 2.75) is 113 Å². The van der Waals surface area contributed by atoms with Gasteiger partial charge in [-0.1, -0.05) is 0 Å². The molecule has 0 aromatic heterocycles. The van der Waals surface area contributed by atoms with Crippen LogP contribution in [0.4, 0.5) is 0 Å². The molecule has 3 aliphatic rings. The third kappa shape index (κ3) is 8.14. The Hall–Kier alpha value is -2.11. The first-order chi connectivity index (χ1) is 20.2. The van der Waals surface area contributed by atoms with Crippen LogP contribution in [-0.4, -0.2) is 170 Å². The zero-order valence-corrected chi connectivity index (χ0v) is 23.6. The minimum absolute atomic E-state index is 0.628. The van der Waals surface area contributed by atoms with Crippen molar-refractivity contribution in [3.63, 3.8) is 0 Å². The lowest BCUT2D eigenvalue weighted by Crippen LogP contribution is -2.71. The van der Waals surface area contributed by atoms with Crippen LogP contribution in [0.15, 0.2) is 0 Å². The number of hydrogen-bond acceptors (Lipinski definition) is 16. The number of carbonyl (C=O) groups excluding carboxylic acids is 3. The summed E-state index contributed by atoms with van der Waals surface area (Å²) in [5.74, 6) is -1.96. The Labute approximate surface area is 245 Å². The van der Waals surface area contributed by atoms with Crippen molar-refractivity contribution < 1.29 is 78.9 Å². The monoisotopic (exact) mass is 627 g/mol. The first-order valence-corrected chi connectivity index (χ1v) is 13.5. The molecule has 9 unspecified atom stereocenters. The number of ether oxygens (including phenoxy) is 5. The standard InChI is InChI=1S/C24H41N3O16/c1-7(31)25-13-18(36)20(11(5-29)39-22(13)38)42-24-15(27-9(3)33)19(37)21(12(6-30)41-24)43-23-14(26-8(2)32)17(35)16(34)10(4-28)40-23/h10-24,28-30,34-38H,4-6H2,1-3H3,(H,25,31)(H,26,32)(H,27,33)/t10?,11?,12?,13?,14?,15?,16-,17?,18?,19?,20-,21-,22-,23+,24+/m1/s1. The second kappa shape index (κ2) is 15.3. The van der Waals surface area contributed by atoms with Crippen LogP contribution in [-0.2, 0) is 38.1 Å². The van der Waals surface area contributed by atoms with Crippen LogP contribution in [0, 0.1) is 0 Å². The molecule has 0 aromatic carbocycles. The molecule has 248 valence electrons. The highest BCUT2D eigenvalue weighted by Crippen LogP contribution is 2.32. The smallest absolute Gasteiger partial charge is 0.217 e. The molecule has 3 rings (SSSR count). The first-order valence-electron chi connectivity index (χ1n) is 13.5. The SMILES string of the molecule is CC(=O)NC1C(O)[C@H](O)C(CO)O[C@H]1O[C@@H]1C(CO)O[C@@H](O[C@@H]2C(CO)O[C@@H](O)C(NC(C)=O)C2O)C(NC(C)=O)C1O.